The van der Waals surface area contributed by atoms with Gasteiger partial charge in [0, 0.05) is 43.7 Å². The zero-order valence-corrected chi connectivity index (χ0v) is 21.5. The van der Waals surface area contributed by atoms with Gasteiger partial charge in [0.1, 0.15) is 11.9 Å². The Hall–Kier alpha value is -1.07. The van der Waals surface area contributed by atoms with Crippen LogP contribution < -0.4 is 15.4 Å². The predicted octanol–water partition coefficient (Wildman–Crippen LogP) is 4.53. The summed E-state index contributed by atoms with van der Waals surface area (Å²) in [6.45, 7) is 6.85. The van der Waals surface area contributed by atoms with Crippen LogP contribution in [-0.4, -0.2) is 44.5 Å². The Bertz CT molecular complexity index is 789. The van der Waals surface area contributed by atoms with E-state index in [2.05, 4.69) is 21.7 Å². The number of hydrogen-bond acceptors (Lipinski definition) is 5. The summed E-state index contributed by atoms with van der Waals surface area (Å²) in [5.74, 6) is 1.48. The summed E-state index contributed by atoms with van der Waals surface area (Å²) in [6, 6.07) is 9.74. The quantitative estimate of drug-likeness (QED) is 0.161. The van der Waals surface area contributed by atoms with E-state index < -0.39 is 6.10 Å². The van der Waals surface area contributed by atoms with E-state index in [1.807, 2.05) is 32.0 Å². The number of benzene rings is 1. The van der Waals surface area contributed by atoms with Crippen LogP contribution in [0.3, 0.4) is 0 Å². The van der Waals surface area contributed by atoms with E-state index in [-0.39, 0.29) is 24.0 Å². The normalized spacial score (nSPS) is 12.2. The molecule has 0 aliphatic rings. The van der Waals surface area contributed by atoms with Gasteiger partial charge in [-0.2, -0.15) is 0 Å². The molecule has 0 aliphatic carbocycles. The number of methoxy groups -OCH3 is 1. The molecule has 2 rings (SSSR count). The number of nitrogens with zero attached hydrogens (tertiary/aromatic N) is 1. The third-order valence-electron chi connectivity index (χ3n) is 4.11. The molecule has 0 spiro atoms. The SMILES string of the molecule is CCNC(=NCc1ccc(C)cc1OCCCOC)NCC(O)c1ccc(Cl)s1.I. The standard InChI is InChI=1S/C21H30ClN3O3S.HI/c1-4-23-21(25-14-17(26)19-8-9-20(22)29-19)24-13-16-7-6-15(2)12-18(16)28-11-5-10-27-3;/h6-9,12,17,26H,4-5,10-11,13-14H2,1-3H3,(H2,23,24,25);1H. The van der Waals surface area contributed by atoms with Gasteiger partial charge in [0.25, 0.3) is 0 Å². The van der Waals surface area contributed by atoms with Crippen molar-refractivity contribution in [3.8, 4) is 5.75 Å². The minimum absolute atomic E-state index is 0. The molecule has 9 heteroatoms. The summed E-state index contributed by atoms with van der Waals surface area (Å²) in [4.78, 5) is 5.47. The van der Waals surface area contributed by atoms with Gasteiger partial charge in [-0.25, -0.2) is 4.99 Å². The highest BCUT2D eigenvalue weighted by Gasteiger charge is 2.11. The predicted molar refractivity (Wildman–Crippen MR) is 136 cm³/mol. The number of rotatable bonds is 11. The lowest BCUT2D eigenvalue weighted by atomic mass is 10.1. The van der Waals surface area contributed by atoms with Crippen molar-refractivity contribution in [2.75, 3.05) is 33.4 Å². The number of guanidine groups is 1. The number of thiophene rings is 1. The van der Waals surface area contributed by atoms with Gasteiger partial charge in [-0.15, -0.1) is 35.3 Å². The van der Waals surface area contributed by atoms with E-state index in [4.69, 9.17) is 21.1 Å². The van der Waals surface area contributed by atoms with Gasteiger partial charge in [0.2, 0.25) is 0 Å². The Morgan fingerprint density at radius 2 is 2.03 bits per heavy atom. The molecule has 1 atom stereocenters. The molecule has 0 amide bonds. The number of ether oxygens (including phenoxy) is 2. The number of aryl methyl sites for hydroxylation is 1. The first-order valence-electron chi connectivity index (χ1n) is 9.70. The van der Waals surface area contributed by atoms with Gasteiger partial charge in [0.15, 0.2) is 5.96 Å². The van der Waals surface area contributed by atoms with E-state index in [0.717, 1.165) is 34.7 Å². The highest BCUT2D eigenvalue weighted by molar-refractivity contribution is 14.0. The van der Waals surface area contributed by atoms with Crippen molar-refractivity contribution in [1.29, 1.82) is 0 Å². The molecular formula is C21H31ClIN3O3S. The van der Waals surface area contributed by atoms with Crippen molar-refractivity contribution in [2.24, 2.45) is 4.99 Å². The first-order chi connectivity index (χ1) is 14.0. The fourth-order valence-corrected chi connectivity index (χ4v) is 3.67. The molecule has 6 nitrogen and oxygen atoms in total. The molecule has 1 unspecified atom stereocenters. The van der Waals surface area contributed by atoms with Crippen LogP contribution in [0.25, 0.3) is 0 Å². The van der Waals surface area contributed by atoms with Crippen LogP contribution in [0.5, 0.6) is 5.75 Å². The maximum Gasteiger partial charge on any atom is 0.191 e. The van der Waals surface area contributed by atoms with Gasteiger partial charge in [-0.1, -0.05) is 23.7 Å². The topological polar surface area (TPSA) is 75.1 Å². The second-order valence-corrected chi connectivity index (χ2v) is 8.29. The second-order valence-electron chi connectivity index (χ2n) is 6.54. The number of hydrogen-bond donors (Lipinski definition) is 3. The minimum atomic E-state index is -0.643. The molecule has 0 bridgehead atoms. The largest absolute Gasteiger partial charge is 0.493 e. The molecule has 2 aromatic rings. The van der Waals surface area contributed by atoms with E-state index >= 15 is 0 Å². The second kappa shape index (κ2) is 14.9. The smallest absolute Gasteiger partial charge is 0.191 e. The van der Waals surface area contributed by atoms with Crippen molar-refractivity contribution in [3.05, 3.63) is 50.7 Å². The summed E-state index contributed by atoms with van der Waals surface area (Å²) in [6.07, 6.45) is 0.192. The fourth-order valence-electron chi connectivity index (χ4n) is 2.62. The molecule has 0 saturated carbocycles. The maximum absolute atomic E-state index is 10.3. The molecule has 0 aliphatic heterocycles. The molecule has 0 radical (unpaired) electrons. The van der Waals surface area contributed by atoms with Crippen LogP contribution in [0, 0.1) is 6.92 Å². The van der Waals surface area contributed by atoms with Crippen LogP contribution >= 0.6 is 46.9 Å². The zero-order valence-electron chi connectivity index (χ0n) is 17.6. The van der Waals surface area contributed by atoms with E-state index in [1.54, 1.807) is 13.2 Å². The zero-order chi connectivity index (χ0) is 21.1. The third kappa shape index (κ3) is 9.38. The van der Waals surface area contributed by atoms with Gasteiger partial charge in [0.05, 0.1) is 17.5 Å². The lowest BCUT2D eigenvalue weighted by molar-refractivity contribution is 0.172. The average Bonchev–Trinajstić information content (AvgIpc) is 3.14. The van der Waals surface area contributed by atoms with Crippen molar-refractivity contribution < 1.29 is 14.6 Å². The number of aliphatic hydroxyl groups excluding tert-OH is 1. The summed E-state index contributed by atoms with van der Waals surface area (Å²) in [5.41, 5.74) is 2.15. The van der Waals surface area contributed by atoms with Crippen molar-refractivity contribution >= 4 is 52.9 Å². The van der Waals surface area contributed by atoms with Gasteiger partial charge in [-0.3, -0.25) is 0 Å². The number of halogens is 2. The third-order valence-corrected chi connectivity index (χ3v) is 5.44. The Balaban J connectivity index is 0.00000450. The monoisotopic (exact) mass is 567 g/mol. The lowest BCUT2D eigenvalue weighted by Gasteiger charge is -2.15. The van der Waals surface area contributed by atoms with Crippen LogP contribution in [0.4, 0.5) is 0 Å². The summed E-state index contributed by atoms with van der Waals surface area (Å²) in [7, 11) is 1.69. The van der Waals surface area contributed by atoms with Crippen molar-refractivity contribution in [2.45, 2.75) is 32.9 Å². The van der Waals surface area contributed by atoms with Crippen LogP contribution in [0.15, 0.2) is 35.3 Å². The van der Waals surface area contributed by atoms with Crippen LogP contribution in [-0.2, 0) is 11.3 Å². The molecule has 0 fully saturated rings. The number of aliphatic imine (C=N–C) groups is 1. The minimum Gasteiger partial charge on any atom is -0.493 e. The van der Waals surface area contributed by atoms with Gasteiger partial charge >= 0.3 is 0 Å². The number of nitrogens with one attached hydrogen (secondary N) is 2. The molecule has 1 aromatic carbocycles. The van der Waals surface area contributed by atoms with E-state index in [9.17, 15) is 5.11 Å². The lowest BCUT2D eigenvalue weighted by Crippen LogP contribution is -2.39. The van der Waals surface area contributed by atoms with Crippen LogP contribution in [0.1, 0.15) is 35.5 Å². The summed E-state index contributed by atoms with van der Waals surface area (Å²) in [5, 5.41) is 16.7. The first-order valence-corrected chi connectivity index (χ1v) is 10.9. The highest BCUT2D eigenvalue weighted by atomic mass is 127. The number of aliphatic hydroxyl groups is 1. The molecule has 0 saturated heterocycles. The van der Waals surface area contributed by atoms with Crippen molar-refractivity contribution in [3.63, 3.8) is 0 Å². The fraction of sp³-hybridized carbons (Fsp3) is 0.476. The Kier molecular flexibility index (Phi) is 13.3. The molecular weight excluding hydrogens is 537 g/mol. The Morgan fingerprint density at radius 3 is 2.70 bits per heavy atom. The van der Waals surface area contributed by atoms with E-state index in [0.29, 0.717) is 36.6 Å². The average molecular weight is 568 g/mol. The molecule has 1 aromatic heterocycles. The molecule has 3 N–H and O–H groups in total. The molecule has 168 valence electrons. The Labute approximate surface area is 205 Å². The molecule has 30 heavy (non-hydrogen) atoms. The maximum atomic E-state index is 10.3. The van der Waals surface area contributed by atoms with Crippen molar-refractivity contribution in [1.82, 2.24) is 10.6 Å². The summed E-state index contributed by atoms with van der Waals surface area (Å²) >= 11 is 7.32. The van der Waals surface area contributed by atoms with E-state index in [1.165, 1.54) is 11.3 Å². The highest BCUT2D eigenvalue weighted by Crippen LogP contribution is 2.26. The Morgan fingerprint density at radius 1 is 1.23 bits per heavy atom. The molecule has 1 heterocycles. The van der Waals surface area contributed by atoms with Crippen LogP contribution in [0.2, 0.25) is 4.34 Å². The van der Waals surface area contributed by atoms with Gasteiger partial charge in [-0.05, 0) is 37.6 Å². The summed E-state index contributed by atoms with van der Waals surface area (Å²) < 4.78 is 11.7. The van der Waals surface area contributed by atoms with Gasteiger partial charge < -0.3 is 25.2 Å². The first kappa shape index (κ1) is 27.0.